The Morgan fingerprint density at radius 1 is 0.860 bits per heavy atom. The third-order valence-corrected chi connectivity index (χ3v) is 8.89. The lowest BCUT2D eigenvalue weighted by atomic mass is 9.94. The summed E-state index contributed by atoms with van der Waals surface area (Å²) in [5.41, 5.74) is 1.97. The molecule has 0 spiro atoms. The van der Waals surface area contributed by atoms with Crippen LogP contribution < -0.4 is 19.1 Å². The van der Waals surface area contributed by atoms with Gasteiger partial charge in [0.2, 0.25) is 21.8 Å². The molecule has 0 aromatic heterocycles. The van der Waals surface area contributed by atoms with Crippen LogP contribution >= 0.6 is 0 Å². The number of ether oxygens (including phenoxy) is 2. The molecule has 3 aromatic carbocycles. The minimum atomic E-state index is -3.85. The number of rotatable bonds is 13. The van der Waals surface area contributed by atoms with Crippen LogP contribution in [0.1, 0.15) is 43.2 Å². The second-order valence-corrected chi connectivity index (χ2v) is 12.8. The Morgan fingerprint density at radius 3 is 2.14 bits per heavy atom. The topological polar surface area (TPSA) is 105 Å². The van der Waals surface area contributed by atoms with Gasteiger partial charge in [-0.25, -0.2) is 8.42 Å². The predicted molar refractivity (Wildman–Crippen MR) is 168 cm³/mol. The first-order valence-corrected chi connectivity index (χ1v) is 16.4. The number of benzene rings is 3. The van der Waals surface area contributed by atoms with Crippen molar-refractivity contribution in [3.63, 3.8) is 0 Å². The number of anilines is 1. The summed E-state index contributed by atoms with van der Waals surface area (Å²) < 4.78 is 37.6. The summed E-state index contributed by atoms with van der Waals surface area (Å²) in [6, 6.07) is 22.5. The molecule has 0 saturated heterocycles. The fraction of sp³-hybridized carbons (Fsp3) is 0.394. The SMILES string of the molecule is COc1ccc(N(CC(=O)N(Cc2cccc(OC)c2)[C@@H](Cc2ccccc2)C(=O)NC2CCCCC2)S(C)(=O)=O)cc1. The van der Waals surface area contributed by atoms with E-state index in [4.69, 9.17) is 9.47 Å². The summed E-state index contributed by atoms with van der Waals surface area (Å²) in [5, 5.41) is 3.21. The van der Waals surface area contributed by atoms with E-state index in [0.29, 0.717) is 17.2 Å². The highest BCUT2D eigenvalue weighted by Gasteiger charge is 2.34. The third kappa shape index (κ3) is 8.97. The molecule has 0 radical (unpaired) electrons. The minimum Gasteiger partial charge on any atom is -0.497 e. The van der Waals surface area contributed by atoms with Gasteiger partial charge in [0.05, 0.1) is 26.2 Å². The lowest BCUT2D eigenvalue weighted by Gasteiger charge is -2.35. The van der Waals surface area contributed by atoms with Crippen molar-refractivity contribution in [3.8, 4) is 11.5 Å². The van der Waals surface area contributed by atoms with E-state index >= 15 is 0 Å². The zero-order chi connectivity index (χ0) is 30.8. The summed E-state index contributed by atoms with van der Waals surface area (Å²) in [4.78, 5) is 29.8. The normalized spacial score (nSPS) is 14.4. The number of hydrogen-bond acceptors (Lipinski definition) is 6. The van der Waals surface area contributed by atoms with E-state index in [1.54, 1.807) is 31.4 Å². The van der Waals surface area contributed by atoms with Crippen LogP contribution in [-0.4, -0.2) is 64.2 Å². The largest absolute Gasteiger partial charge is 0.497 e. The van der Waals surface area contributed by atoms with Crippen LogP contribution in [0.3, 0.4) is 0 Å². The Kier molecular flexibility index (Phi) is 11.1. The second kappa shape index (κ2) is 14.9. The first-order valence-electron chi connectivity index (χ1n) is 14.6. The average molecular weight is 608 g/mol. The molecule has 0 bridgehead atoms. The van der Waals surface area contributed by atoms with Crippen LogP contribution in [0.4, 0.5) is 5.69 Å². The molecule has 3 aromatic rings. The van der Waals surface area contributed by atoms with Gasteiger partial charge in [-0.3, -0.25) is 13.9 Å². The number of hydrogen-bond donors (Lipinski definition) is 1. The molecule has 230 valence electrons. The lowest BCUT2D eigenvalue weighted by Crippen LogP contribution is -2.55. The molecule has 9 nitrogen and oxygen atoms in total. The van der Waals surface area contributed by atoms with Crippen LogP contribution in [0.15, 0.2) is 78.9 Å². The Bertz CT molecular complexity index is 1460. The zero-order valence-corrected chi connectivity index (χ0v) is 25.9. The van der Waals surface area contributed by atoms with Crippen molar-refractivity contribution in [3.05, 3.63) is 90.0 Å². The Morgan fingerprint density at radius 2 is 1.51 bits per heavy atom. The van der Waals surface area contributed by atoms with Gasteiger partial charge in [0.1, 0.15) is 24.1 Å². The number of sulfonamides is 1. The minimum absolute atomic E-state index is 0.0418. The fourth-order valence-electron chi connectivity index (χ4n) is 5.43. The molecule has 0 aliphatic heterocycles. The van der Waals surface area contributed by atoms with Crippen molar-refractivity contribution in [2.75, 3.05) is 31.3 Å². The second-order valence-electron chi connectivity index (χ2n) is 10.9. The maximum atomic E-state index is 14.3. The quantitative estimate of drug-likeness (QED) is 0.306. The maximum Gasteiger partial charge on any atom is 0.244 e. The Hall–Kier alpha value is -4.05. The smallest absolute Gasteiger partial charge is 0.244 e. The van der Waals surface area contributed by atoms with E-state index in [9.17, 15) is 18.0 Å². The Labute approximate surface area is 254 Å². The van der Waals surface area contributed by atoms with E-state index < -0.39 is 28.5 Å². The fourth-order valence-corrected chi connectivity index (χ4v) is 6.28. The van der Waals surface area contributed by atoms with Gasteiger partial charge in [0.25, 0.3) is 0 Å². The first kappa shape index (κ1) is 31.9. The van der Waals surface area contributed by atoms with Gasteiger partial charge in [-0.1, -0.05) is 61.7 Å². The highest BCUT2D eigenvalue weighted by molar-refractivity contribution is 7.92. The molecular weight excluding hydrogens is 566 g/mol. The van der Waals surface area contributed by atoms with Crippen molar-refractivity contribution in [2.24, 2.45) is 0 Å². The van der Waals surface area contributed by atoms with Gasteiger partial charge in [-0.05, 0) is 60.4 Å². The molecule has 43 heavy (non-hydrogen) atoms. The van der Waals surface area contributed by atoms with Gasteiger partial charge in [-0.2, -0.15) is 0 Å². The molecule has 1 N–H and O–H groups in total. The van der Waals surface area contributed by atoms with Crippen molar-refractivity contribution >= 4 is 27.5 Å². The van der Waals surface area contributed by atoms with Crippen molar-refractivity contribution in [1.82, 2.24) is 10.2 Å². The van der Waals surface area contributed by atoms with Crippen molar-refractivity contribution < 1.29 is 27.5 Å². The Balaban J connectivity index is 1.72. The number of carbonyl (C=O) groups is 2. The molecule has 1 atom stereocenters. The highest BCUT2D eigenvalue weighted by Crippen LogP contribution is 2.24. The first-order chi connectivity index (χ1) is 20.7. The molecule has 1 aliphatic carbocycles. The molecule has 1 saturated carbocycles. The maximum absolute atomic E-state index is 14.3. The standard InChI is InChI=1S/C33H41N3O6S/c1-41-29-19-17-28(18-20-29)36(43(3,39)40)24-32(37)35(23-26-13-10-16-30(21-26)42-2)31(22-25-11-6-4-7-12-25)33(38)34-27-14-8-5-9-15-27/h4,6-7,10-13,16-21,27,31H,5,8-9,14-15,22-24H2,1-3H3,(H,34,38)/t31-/m0/s1. The summed E-state index contributed by atoms with van der Waals surface area (Å²) in [7, 11) is -0.764. The lowest BCUT2D eigenvalue weighted by molar-refractivity contribution is -0.140. The van der Waals surface area contributed by atoms with E-state index in [0.717, 1.165) is 53.8 Å². The molecule has 0 heterocycles. The van der Waals surface area contributed by atoms with Gasteiger partial charge >= 0.3 is 0 Å². The number of amides is 2. The van der Waals surface area contributed by atoms with Crippen LogP contribution in [0, 0.1) is 0 Å². The summed E-state index contributed by atoms with van der Waals surface area (Å²) in [6.45, 7) is -0.386. The highest BCUT2D eigenvalue weighted by atomic mass is 32.2. The van der Waals surface area contributed by atoms with Gasteiger partial charge < -0.3 is 19.7 Å². The molecule has 1 fully saturated rings. The third-order valence-electron chi connectivity index (χ3n) is 7.75. The van der Waals surface area contributed by atoms with E-state index in [2.05, 4.69) is 5.32 Å². The predicted octanol–water partition coefficient (Wildman–Crippen LogP) is 4.56. The monoisotopic (exact) mass is 607 g/mol. The van der Waals surface area contributed by atoms with Gasteiger partial charge in [0.15, 0.2) is 0 Å². The van der Waals surface area contributed by atoms with Crippen LogP contribution in [0.5, 0.6) is 11.5 Å². The number of nitrogens with zero attached hydrogens (tertiary/aromatic N) is 2. The molecule has 0 unspecified atom stereocenters. The number of methoxy groups -OCH3 is 2. The van der Waals surface area contributed by atoms with Crippen molar-refractivity contribution in [2.45, 2.75) is 57.2 Å². The van der Waals surface area contributed by atoms with E-state index in [1.165, 1.54) is 12.0 Å². The van der Waals surface area contributed by atoms with E-state index in [1.807, 2.05) is 54.6 Å². The zero-order valence-electron chi connectivity index (χ0n) is 25.1. The van der Waals surface area contributed by atoms with Gasteiger partial charge in [0, 0.05) is 19.0 Å². The molecular formula is C33H41N3O6S. The van der Waals surface area contributed by atoms with Crippen LogP contribution in [-0.2, 0) is 32.6 Å². The van der Waals surface area contributed by atoms with Gasteiger partial charge in [-0.15, -0.1) is 0 Å². The van der Waals surface area contributed by atoms with Crippen molar-refractivity contribution in [1.29, 1.82) is 0 Å². The van der Waals surface area contributed by atoms with E-state index in [-0.39, 0.29) is 24.9 Å². The molecule has 1 aliphatic rings. The number of carbonyl (C=O) groups excluding carboxylic acids is 2. The number of nitrogens with one attached hydrogen (secondary N) is 1. The summed E-state index contributed by atoms with van der Waals surface area (Å²) in [6.07, 6.45) is 6.37. The molecule has 4 rings (SSSR count). The summed E-state index contributed by atoms with van der Waals surface area (Å²) in [5.74, 6) is 0.434. The van der Waals surface area contributed by atoms with Crippen LogP contribution in [0.25, 0.3) is 0 Å². The summed E-state index contributed by atoms with van der Waals surface area (Å²) >= 11 is 0. The average Bonchev–Trinajstić information content (AvgIpc) is 3.02. The molecule has 10 heteroatoms. The molecule has 2 amide bonds. The van der Waals surface area contributed by atoms with Crippen LogP contribution in [0.2, 0.25) is 0 Å².